The van der Waals surface area contributed by atoms with E-state index in [4.69, 9.17) is 4.74 Å². The summed E-state index contributed by atoms with van der Waals surface area (Å²) < 4.78 is 5.27. The van der Waals surface area contributed by atoms with E-state index >= 15 is 0 Å². The smallest absolute Gasteiger partial charge is 0.120 e. The third kappa shape index (κ3) is 3.01. The van der Waals surface area contributed by atoms with Crippen LogP contribution in [0.4, 0.5) is 0 Å². The summed E-state index contributed by atoms with van der Waals surface area (Å²) in [5, 5.41) is 13.8. The Morgan fingerprint density at radius 3 is 2.95 bits per heavy atom. The first kappa shape index (κ1) is 14.7. The van der Waals surface area contributed by atoms with Gasteiger partial charge in [0.25, 0.3) is 0 Å². The Hall–Kier alpha value is -1.26. The van der Waals surface area contributed by atoms with Gasteiger partial charge < -0.3 is 15.2 Å². The van der Waals surface area contributed by atoms with Crippen molar-refractivity contribution in [3.63, 3.8) is 0 Å². The van der Waals surface area contributed by atoms with Crippen LogP contribution in [-0.4, -0.2) is 42.3 Å². The highest BCUT2D eigenvalue weighted by Gasteiger charge is 2.36. The quantitative estimate of drug-likeness (QED) is 0.895. The molecule has 0 spiro atoms. The summed E-state index contributed by atoms with van der Waals surface area (Å²) in [6, 6.07) is 6.78. The van der Waals surface area contributed by atoms with Gasteiger partial charge in [0, 0.05) is 30.2 Å². The first-order chi connectivity index (χ1) is 10.2. The highest BCUT2D eigenvalue weighted by atomic mass is 16.5. The van der Waals surface area contributed by atoms with Crippen LogP contribution in [0, 0.1) is 0 Å². The third-order valence-electron chi connectivity index (χ3n) is 5.02. The SMILES string of the molecule is COc1ccc(O)c(C(C)NC2CCN3CCCCC23)c1. The van der Waals surface area contributed by atoms with E-state index < -0.39 is 0 Å². The number of hydrogen-bond acceptors (Lipinski definition) is 4. The third-order valence-corrected chi connectivity index (χ3v) is 5.02. The molecule has 2 saturated heterocycles. The van der Waals surface area contributed by atoms with E-state index in [0.717, 1.165) is 11.3 Å². The minimum atomic E-state index is 0.131. The fourth-order valence-corrected chi connectivity index (χ4v) is 3.86. The second kappa shape index (κ2) is 6.24. The van der Waals surface area contributed by atoms with Crippen molar-refractivity contribution in [2.24, 2.45) is 0 Å². The van der Waals surface area contributed by atoms with Crippen molar-refractivity contribution in [3.8, 4) is 11.5 Å². The monoisotopic (exact) mass is 290 g/mol. The number of ether oxygens (including phenoxy) is 1. The lowest BCUT2D eigenvalue weighted by atomic mass is 9.97. The fourth-order valence-electron chi connectivity index (χ4n) is 3.86. The molecule has 0 amide bonds. The molecule has 21 heavy (non-hydrogen) atoms. The number of nitrogens with zero attached hydrogens (tertiary/aromatic N) is 1. The lowest BCUT2D eigenvalue weighted by molar-refractivity contribution is 0.177. The van der Waals surface area contributed by atoms with Crippen molar-refractivity contribution >= 4 is 0 Å². The summed E-state index contributed by atoms with van der Waals surface area (Å²) in [7, 11) is 1.66. The topological polar surface area (TPSA) is 44.7 Å². The number of benzene rings is 1. The Bertz CT molecular complexity index is 492. The largest absolute Gasteiger partial charge is 0.508 e. The molecule has 116 valence electrons. The molecule has 0 bridgehead atoms. The van der Waals surface area contributed by atoms with Crippen LogP contribution in [-0.2, 0) is 0 Å². The minimum Gasteiger partial charge on any atom is -0.508 e. The van der Waals surface area contributed by atoms with E-state index in [0.29, 0.717) is 17.8 Å². The zero-order valence-electron chi connectivity index (χ0n) is 13.0. The maximum Gasteiger partial charge on any atom is 0.120 e. The molecule has 2 aliphatic rings. The predicted molar refractivity (Wildman–Crippen MR) is 83.8 cm³/mol. The lowest BCUT2D eigenvalue weighted by Crippen LogP contribution is -2.45. The normalized spacial score (nSPS) is 27.3. The van der Waals surface area contributed by atoms with E-state index in [1.54, 1.807) is 19.2 Å². The van der Waals surface area contributed by atoms with Gasteiger partial charge in [0.1, 0.15) is 11.5 Å². The van der Waals surface area contributed by atoms with Gasteiger partial charge in [-0.05, 0) is 50.9 Å². The first-order valence-electron chi connectivity index (χ1n) is 8.06. The molecule has 3 unspecified atom stereocenters. The van der Waals surface area contributed by atoms with Crippen molar-refractivity contribution in [2.45, 2.75) is 50.7 Å². The van der Waals surface area contributed by atoms with Crippen LogP contribution in [0.1, 0.15) is 44.2 Å². The Balaban J connectivity index is 1.70. The van der Waals surface area contributed by atoms with Crippen LogP contribution in [0.3, 0.4) is 0 Å². The summed E-state index contributed by atoms with van der Waals surface area (Å²) in [4.78, 5) is 2.62. The Labute approximate surface area is 127 Å². The maximum absolute atomic E-state index is 10.1. The van der Waals surface area contributed by atoms with E-state index in [2.05, 4.69) is 17.1 Å². The number of phenolic OH excluding ortho intramolecular Hbond substituents is 1. The van der Waals surface area contributed by atoms with Crippen LogP contribution in [0.2, 0.25) is 0 Å². The van der Waals surface area contributed by atoms with E-state index in [9.17, 15) is 5.11 Å². The number of aromatic hydroxyl groups is 1. The van der Waals surface area contributed by atoms with Gasteiger partial charge in [0.05, 0.1) is 7.11 Å². The number of rotatable bonds is 4. The number of piperidine rings is 1. The van der Waals surface area contributed by atoms with Gasteiger partial charge in [-0.2, -0.15) is 0 Å². The Kier molecular flexibility index (Phi) is 4.36. The van der Waals surface area contributed by atoms with Gasteiger partial charge in [-0.25, -0.2) is 0 Å². The molecule has 4 heteroatoms. The summed E-state index contributed by atoms with van der Waals surface area (Å²) >= 11 is 0. The minimum absolute atomic E-state index is 0.131. The zero-order valence-corrected chi connectivity index (χ0v) is 13.0. The number of methoxy groups -OCH3 is 1. The number of hydrogen-bond donors (Lipinski definition) is 2. The number of nitrogens with one attached hydrogen (secondary N) is 1. The number of phenols is 1. The van der Waals surface area contributed by atoms with Crippen LogP contribution in [0.15, 0.2) is 18.2 Å². The van der Waals surface area contributed by atoms with Crippen molar-refractivity contribution in [1.29, 1.82) is 0 Å². The van der Waals surface area contributed by atoms with Gasteiger partial charge in [-0.3, -0.25) is 4.90 Å². The molecule has 2 fully saturated rings. The fraction of sp³-hybridized carbons (Fsp3) is 0.647. The average Bonchev–Trinajstić information content (AvgIpc) is 2.91. The predicted octanol–water partition coefficient (Wildman–Crippen LogP) is 2.68. The Morgan fingerprint density at radius 2 is 2.14 bits per heavy atom. The Morgan fingerprint density at radius 1 is 1.29 bits per heavy atom. The summed E-state index contributed by atoms with van der Waals surface area (Å²) in [5.74, 6) is 1.14. The summed E-state index contributed by atoms with van der Waals surface area (Å²) in [5.41, 5.74) is 0.920. The molecule has 4 nitrogen and oxygen atoms in total. The molecule has 3 rings (SSSR count). The van der Waals surface area contributed by atoms with E-state index in [-0.39, 0.29) is 6.04 Å². The van der Waals surface area contributed by atoms with Crippen molar-refractivity contribution < 1.29 is 9.84 Å². The highest BCUT2D eigenvalue weighted by Crippen LogP contribution is 2.32. The molecule has 0 radical (unpaired) electrons. The van der Waals surface area contributed by atoms with Crippen LogP contribution in [0.5, 0.6) is 11.5 Å². The molecule has 0 saturated carbocycles. The molecular weight excluding hydrogens is 264 g/mol. The molecule has 2 heterocycles. The van der Waals surface area contributed by atoms with Gasteiger partial charge >= 0.3 is 0 Å². The van der Waals surface area contributed by atoms with Crippen molar-refractivity contribution in [2.75, 3.05) is 20.2 Å². The zero-order chi connectivity index (χ0) is 14.8. The summed E-state index contributed by atoms with van der Waals surface area (Å²) in [6.45, 7) is 4.58. The average molecular weight is 290 g/mol. The number of fused-ring (bicyclic) bond motifs is 1. The van der Waals surface area contributed by atoms with Gasteiger partial charge in [-0.15, -0.1) is 0 Å². The molecule has 2 aliphatic heterocycles. The maximum atomic E-state index is 10.1. The van der Waals surface area contributed by atoms with Crippen LogP contribution in [0.25, 0.3) is 0 Å². The van der Waals surface area contributed by atoms with E-state index in [1.807, 2.05) is 6.07 Å². The second-order valence-corrected chi connectivity index (χ2v) is 6.31. The molecule has 0 aliphatic carbocycles. The highest BCUT2D eigenvalue weighted by molar-refractivity contribution is 5.41. The van der Waals surface area contributed by atoms with E-state index in [1.165, 1.54) is 38.8 Å². The lowest BCUT2D eigenvalue weighted by Gasteiger charge is -2.34. The van der Waals surface area contributed by atoms with Crippen molar-refractivity contribution in [1.82, 2.24) is 10.2 Å². The second-order valence-electron chi connectivity index (χ2n) is 6.31. The molecule has 3 atom stereocenters. The molecule has 2 N–H and O–H groups in total. The standard InChI is InChI=1S/C17H26N2O2/c1-12(14-11-13(21-2)6-7-17(14)20)18-15-8-10-19-9-4-3-5-16(15)19/h6-7,11-12,15-16,18,20H,3-5,8-10H2,1-2H3. The summed E-state index contributed by atoms with van der Waals surface area (Å²) in [6.07, 6.45) is 5.20. The van der Waals surface area contributed by atoms with Gasteiger partial charge in [-0.1, -0.05) is 6.42 Å². The van der Waals surface area contributed by atoms with Crippen LogP contribution < -0.4 is 10.1 Å². The van der Waals surface area contributed by atoms with Crippen LogP contribution >= 0.6 is 0 Å². The van der Waals surface area contributed by atoms with Gasteiger partial charge in [0.15, 0.2) is 0 Å². The first-order valence-corrected chi connectivity index (χ1v) is 8.06. The van der Waals surface area contributed by atoms with Gasteiger partial charge in [0.2, 0.25) is 0 Å². The molecular formula is C17H26N2O2. The molecule has 1 aromatic carbocycles. The molecule has 0 aromatic heterocycles. The molecule has 1 aromatic rings. The van der Waals surface area contributed by atoms with Crippen molar-refractivity contribution in [3.05, 3.63) is 23.8 Å².